The van der Waals surface area contributed by atoms with Gasteiger partial charge in [0, 0.05) is 23.4 Å². The third kappa shape index (κ3) is 1.74. The molecule has 3 atom stereocenters. The Hall–Kier alpha value is 0.0500. The highest BCUT2D eigenvalue weighted by molar-refractivity contribution is 7.81. The van der Waals surface area contributed by atoms with E-state index in [4.69, 9.17) is 0 Å². The summed E-state index contributed by atoms with van der Waals surface area (Å²) >= 11 is 4.54. The minimum Gasteiger partial charge on any atom is -0.291 e. The van der Waals surface area contributed by atoms with Gasteiger partial charge in [-0.15, -0.1) is 0 Å². The fourth-order valence-electron chi connectivity index (χ4n) is 3.01. The molecular weight excluding hydrogens is 190 g/mol. The highest BCUT2D eigenvalue weighted by Gasteiger charge is 2.37. The van der Waals surface area contributed by atoms with Gasteiger partial charge < -0.3 is 0 Å². The van der Waals surface area contributed by atoms with E-state index in [9.17, 15) is 0 Å². The Morgan fingerprint density at radius 1 is 1.36 bits per heavy atom. The SMILES string of the molecule is CC(S)C1=CC2CCC(C1)N2C(C)C. The normalized spacial score (nSPS) is 34.8. The van der Waals surface area contributed by atoms with Crippen LogP contribution in [0.25, 0.3) is 0 Å². The second-order valence-electron chi connectivity index (χ2n) is 4.96. The van der Waals surface area contributed by atoms with E-state index in [0.717, 1.165) is 6.04 Å². The number of thiol groups is 1. The average Bonchev–Trinajstić information content (AvgIpc) is 2.37. The molecule has 0 aliphatic carbocycles. The van der Waals surface area contributed by atoms with Crippen molar-refractivity contribution in [2.75, 3.05) is 0 Å². The zero-order valence-corrected chi connectivity index (χ0v) is 10.3. The Morgan fingerprint density at radius 2 is 2.07 bits per heavy atom. The van der Waals surface area contributed by atoms with Crippen molar-refractivity contribution in [3.63, 3.8) is 0 Å². The van der Waals surface area contributed by atoms with Crippen LogP contribution >= 0.6 is 12.6 Å². The van der Waals surface area contributed by atoms with Crippen LogP contribution in [0.15, 0.2) is 11.6 Å². The topological polar surface area (TPSA) is 3.24 Å². The molecule has 2 heteroatoms. The first kappa shape index (κ1) is 10.6. The van der Waals surface area contributed by atoms with Crippen molar-refractivity contribution in [3.05, 3.63) is 11.6 Å². The quantitative estimate of drug-likeness (QED) is 0.543. The minimum absolute atomic E-state index is 0.451. The molecule has 2 bridgehead atoms. The van der Waals surface area contributed by atoms with E-state index in [2.05, 4.69) is 44.4 Å². The van der Waals surface area contributed by atoms with Crippen LogP contribution in [0.5, 0.6) is 0 Å². The standard InChI is InChI=1S/C12H21NS/c1-8(2)13-11-4-5-12(13)7-10(6-11)9(3)14/h6,8-9,11-12,14H,4-5,7H2,1-3H3. The molecule has 2 heterocycles. The fraction of sp³-hybridized carbons (Fsp3) is 0.833. The Balaban J connectivity index is 2.17. The lowest BCUT2D eigenvalue weighted by Gasteiger charge is -2.37. The fourth-order valence-corrected chi connectivity index (χ4v) is 3.20. The van der Waals surface area contributed by atoms with Gasteiger partial charge in [0.1, 0.15) is 0 Å². The van der Waals surface area contributed by atoms with Crippen molar-refractivity contribution in [2.45, 2.75) is 63.4 Å². The first-order chi connectivity index (χ1) is 6.59. The van der Waals surface area contributed by atoms with Crippen molar-refractivity contribution >= 4 is 12.6 Å². The van der Waals surface area contributed by atoms with Crippen molar-refractivity contribution < 1.29 is 0 Å². The molecule has 0 aromatic carbocycles. The summed E-state index contributed by atoms with van der Waals surface area (Å²) in [5.74, 6) is 0. The molecule has 2 rings (SSSR count). The van der Waals surface area contributed by atoms with E-state index in [0.29, 0.717) is 17.3 Å². The lowest BCUT2D eigenvalue weighted by molar-refractivity contribution is 0.159. The zero-order chi connectivity index (χ0) is 10.3. The van der Waals surface area contributed by atoms with Gasteiger partial charge in [-0.05, 0) is 40.0 Å². The van der Waals surface area contributed by atoms with Crippen molar-refractivity contribution in [2.24, 2.45) is 0 Å². The van der Waals surface area contributed by atoms with Crippen LogP contribution < -0.4 is 0 Å². The Labute approximate surface area is 93.0 Å². The van der Waals surface area contributed by atoms with Crippen LogP contribution in [0.2, 0.25) is 0 Å². The maximum Gasteiger partial charge on any atom is 0.0287 e. The van der Waals surface area contributed by atoms with Gasteiger partial charge >= 0.3 is 0 Å². The van der Waals surface area contributed by atoms with Crippen LogP contribution in [0.4, 0.5) is 0 Å². The molecule has 0 spiro atoms. The molecule has 0 aromatic heterocycles. The molecule has 1 saturated heterocycles. The third-order valence-corrected chi connectivity index (χ3v) is 3.94. The minimum atomic E-state index is 0.451. The molecule has 2 aliphatic rings. The van der Waals surface area contributed by atoms with Gasteiger partial charge in [-0.2, -0.15) is 12.6 Å². The largest absolute Gasteiger partial charge is 0.291 e. The van der Waals surface area contributed by atoms with Gasteiger partial charge in [0.2, 0.25) is 0 Å². The predicted molar refractivity (Wildman–Crippen MR) is 64.9 cm³/mol. The molecule has 1 fully saturated rings. The molecule has 0 aromatic rings. The van der Waals surface area contributed by atoms with Gasteiger partial charge in [0.15, 0.2) is 0 Å². The summed E-state index contributed by atoms with van der Waals surface area (Å²) in [5.41, 5.74) is 1.57. The molecular formula is C12H21NS. The highest BCUT2D eigenvalue weighted by atomic mass is 32.1. The lowest BCUT2D eigenvalue weighted by Crippen LogP contribution is -2.43. The smallest absolute Gasteiger partial charge is 0.0287 e. The average molecular weight is 211 g/mol. The summed E-state index contributed by atoms with van der Waals surface area (Å²) in [6, 6.07) is 2.20. The van der Waals surface area contributed by atoms with E-state index in [1.54, 1.807) is 5.57 Å². The van der Waals surface area contributed by atoms with E-state index < -0.39 is 0 Å². The second-order valence-corrected chi connectivity index (χ2v) is 5.74. The van der Waals surface area contributed by atoms with Crippen LogP contribution in [0.1, 0.15) is 40.0 Å². The maximum atomic E-state index is 4.54. The Kier molecular flexibility index (Phi) is 2.94. The van der Waals surface area contributed by atoms with Crippen LogP contribution in [-0.4, -0.2) is 28.3 Å². The van der Waals surface area contributed by atoms with Crippen molar-refractivity contribution in [3.8, 4) is 0 Å². The molecule has 0 N–H and O–H groups in total. The Bertz CT molecular complexity index is 245. The van der Waals surface area contributed by atoms with Gasteiger partial charge in [-0.1, -0.05) is 11.6 Å². The summed E-state index contributed by atoms with van der Waals surface area (Å²) < 4.78 is 0. The Morgan fingerprint density at radius 3 is 2.57 bits per heavy atom. The van der Waals surface area contributed by atoms with E-state index in [-0.39, 0.29) is 0 Å². The monoisotopic (exact) mass is 211 g/mol. The number of fused-ring (bicyclic) bond motifs is 2. The van der Waals surface area contributed by atoms with Gasteiger partial charge in [-0.3, -0.25) is 4.90 Å². The van der Waals surface area contributed by atoms with Crippen molar-refractivity contribution in [1.82, 2.24) is 4.90 Å². The number of hydrogen-bond donors (Lipinski definition) is 1. The van der Waals surface area contributed by atoms with Crippen LogP contribution in [-0.2, 0) is 0 Å². The molecule has 14 heavy (non-hydrogen) atoms. The summed E-state index contributed by atoms with van der Waals surface area (Å²) in [5, 5.41) is 0.451. The summed E-state index contributed by atoms with van der Waals surface area (Å²) in [7, 11) is 0. The van der Waals surface area contributed by atoms with E-state index >= 15 is 0 Å². The summed E-state index contributed by atoms with van der Waals surface area (Å²) in [6.45, 7) is 6.82. The van der Waals surface area contributed by atoms with Crippen LogP contribution in [0.3, 0.4) is 0 Å². The molecule has 3 unspecified atom stereocenters. The third-order valence-electron chi connectivity index (χ3n) is 3.61. The first-order valence-electron chi connectivity index (χ1n) is 5.75. The van der Waals surface area contributed by atoms with E-state index in [1.165, 1.54) is 19.3 Å². The number of hydrogen-bond acceptors (Lipinski definition) is 2. The summed E-state index contributed by atoms with van der Waals surface area (Å²) in [4.78, 5) is 2.68. The summed E-state index contributed by atoms with van der Waals surface area (Å²) in [6.07, 6.45) is 6.46. The van der Waals surface area contributed by atoms with Gasteiger partial charge in [0.05, 0.1) is 0 Å². The predicted octanol–water partition coefficient (Wildman–Crippen LogP) is 2.88. The maximum absolute atomic E-state index is 4.54. The van der Waals surface area contributed by atoms with E-state index in [1.807, 2.05) is 0 Å². The molecule has 2 aliphatic heterocycles. The lowest BCUT2D eigenvalue weighted by atomic mass is 9.98. The molecule has 80 valence electrons. The van der Waals surface area contributed by atoms with Crippen LogP contribution in [0, 0.1) is 0 Å². The molecule has 1 nitrogen and oxygen atoms in total. The van der Waals surface area contributed by atoms with Gasteiger partial charge in [0.25, 0.3) is 0 Å². The molecule has 0 saturated carbocycles. The van der Waals surface area contributed by atoms with Gasteiger partial charge in [-0.25, -0.2) is 0 Å². The van der Waals surface area contributed by atoms with Crippen molar-refractivity contribution in [1.29, 1.82) is 0 Å². The highest BCUT2D eigenvalue weighted by Crippen LogP contribution is 2.37. The molecule has 0 radical (unpaired) electrons. The number of rotatable bonds is 2. The molecule has 0 amide bonds. The second kappa shape index (κ2) is 3.90. The number of nitrogens with zero attached hydrogens (tertiary/aromatic N) is 1. The first-order valence-corrected chi connectivity index (χ1v) is 6.27. The zero-order valence-electron chi connectivity index (χ0n) is 9.40.